The Morgan fingerprint density at radius 3 is 1.90 bits per heavy atom. The number of hydrogen-bond acceptors (Lipinski definition) is 9. The number of alkyl halides is 1. The predicted molar refractivity (Wildman–Crippen MR) is 175 cm³/mol. The molecule has 5 aromatic rings. The van der Waals surface area contributed by atoms with Crippen molar-refractivity contribution in [3.8, 4) is 11.5 Å². The second-order valence-corrected chi connectivity index (χ2v) is 11.3. The van der Waals surface area contributed by atoms with E-state index in [4.69, 9.17) is 23.7 Å². The summed E-state index contributed by atoms with van der Waals surface area (Å²) in [7, 11) is 3.04. The summed E-state index contributed by atoms with van der Waals surface area (Å²) in [5.41, 5.74) is -1.82. The molecule has 2 heterocycles. The molecule has 0 unspecified atom stereocenters. The van der Waals surface area contributed by atoms with Crippen molar-refractivity contribution < 1.29 is 38.0 Å². The number of aromatic nitrogens is 2. The van der Waals surface area contributed by atoms with Crippen LogP contribution in [0.1, 0.15) is 33.3 Å². The van der Waals surface area contributed by atoms with Gasteiger partial charge in [0.15, 0.2) is 18.9 Å². The maximum atomic E-state index is 17.6. The zero-order valence-corrected chi connectivity index (χ0v) is 26.5. The minimum absolute atomic E-state index is 0.143. The zero-order chi connectivity index (χ0) is 34.6. The second kappa shape index (κ2) is 13.9. The number of methoxy groups -OCH3 is 2. The fourth-order valence-corrected chi connectivity index (χ4v) is 5.94. The van der Waals surface area contributed by atoms with E-state index in [1.807, 2.05) is 0 Å². The first kappa shape index (κ1) is 33.3. The van der Waals surface area contributed by atoms with Crippen molar-refractivity contribution in [2.45, 2.75) is 29.9 Å². The molecule has 0 bridgehead atoms. The number of aliphatic hydroxyl groups excluding tert-OH is 1. The van der Waals surface area contributed by atoms with Gasteiger partial charge in [-0.05, 0) is 53.1 Å². The van der Waals surface area contributed by atoms with Crippen LogP contribution in [-0.4, -0.2) is 59.5 Å². The Morgan fingerprint density at radius 2 is 1.37 bits per heavy atom. The van der Waals surface area contributed by atoms with Gasteiger partial charge in [-0.25, -0.2) is 18.5 Å². The molecule has 6 rings (SSSR count). The van der Waals surface area contributed by atoms with E-state index in [2.05, 4.69) is 4.98 Å². The van der Waals surface area contributed by atoms with Gasteiger partial charge in [0.1, 0.15) is 23.2 Å². The van der Waals surface area contributed by atoms with E-state index >= 15 is 4.39 Å². The Bertz CT molecular complexity index is 1930. The molecular formula is C37H33FN2O9. The van der Waals surface area contributed by atoms with Gasteiger partial charge >= 0.3 is 11.7 Å². The Hall–Kier alpha value is -5.56. The van der Waals surface area contributed by atoms with Crippen LogP contribution in [0.25, 0.3) is 0 Å². The van der Waals surface area contributed by atoms with Crippen molar-refractivity contribution in [3.05, 3.63) is 165 Å². The highest BCUT2D eigenvalue weighted by atomic mass is 19.2. The normalized spacial score (nSPS) is 20.4. The molecule has 1 saturated heterocycles. The van der Waals surface area contributed by atoms with E-state index in [9.17, 15) is 19.5 Å². The summed E-state index contributed by atoms with van der Waals surface area (Å²) in [6, 6.07) is 31.6. The Kier molecular flexibility index (Phi) is 9.45. The number of carbonyl (C=O) groups is 1. The number of halogens is 1. The number of carbonyl (C=O) groups excluding carboxylic acids is 1. The number of aliphatic hydroxyl groups is 1. The summed E-state index contributed by atoms with van der Waals surface area (Å²) in [4.78, 5) is 41.1. The molecule has 0 spiro atoms. The summed E-state index contributed by atoms with van der Waals surface area (Å²) in [5.74, 6) is -2.87. The molecule has 1 fully saturated rings. The molecule has 0 radical (unpaired) electrons. The van der Waals surface area contributed by atoms with Gasteiger partial charge in [0.05, 0.1) is 19.8 Å². The number of nitrogens with one attached hydrogen (secondary N) is 1. The molecule has 0 amide bonds. The fraction of sp³-hybridized carbons (Fsp3) is 0.216. The third-order valence-electron chi connectivity index (χ3n) is 8.37. The number of nitrogens with zero attached hydrogens (tertiary/aromatic N) is 1. The van der Waals surface area contributed by atoms with Crippen molar-refractivity contribution in [2.75, 3.05) is 20.8 Å². The lowest BCUT2D eigenvalue weighted by Crippen LogP contribution is -2.51. The van der Waals surface area contributed by atoms with Gasteiger partial charge in [-0.3, -0.25) is 4.79 Å². The van der Waals surface area contributed by atoms with Crippen LogP contribution >= 0.6 is 0 Å². The molecule has 1 aliphatic heterocycles. The van der Waals surface area contributed by atoms with Gasteiger partial charge in [-0.1, -0.05) is 72.8 Å². The van der Waals surface area contributed by atoms with Gasteiger partial charge in [0, 0.05) is 12.3 Å². The fourth-order valence-electron chi connectivity index (χ4n) is 5.94. The molecule has 11 nitrogen and oxygen atoms in total. The third-order valence-corrected chi connectivity index (χ3v) is 8.37. The van der Waals surface area contributed by atoms with Crippen molar-refractivity contribution in [2.24, 2.45) is 0 Å². The predicted octanol–water partition coefficient (Wildman–Crippen LogP) is 4.34. The molecule has 0 aliphatic carbocycles. The number of benzene rings is 4. The average Bonchev–Trinajstić information content (AvgIpc) is 3.38. The number of hydrogen-bond donors (Lipinski definition) is 2. The van der Waals surface area contributed by atoms with E-state index in [-0.39, 0.29) is 5.56 Å². The van der Waals surface area contributed by atoms with Crippen molar-refractivity contribution in [1.82, 2.24) is 9.55 Å². The monoisotopic (exact) mass is 668 g/mol. The number of H-pyrrole nitrogens is 1. The van der Waals surface area contributed by atoms with Crippen LogP contribution in [0, 0.1) is 0 Å². The van der Waals surface area contributed by atoms with E-state index in [1.54, 1.807) is 97.1 Å². The minimum Gasteiger partial charge on any atom is -0.497 e. The highest BCUT2D eigenvalue weighted by Gasteiger charge is 2.61. The van der Waals surface area contributed by atoms with Crippen LogP contribution in [-0.2, 0) is 19.8 Å². The van der Waals surface area contributed by atoms with Crippen molar-refractivity contribution >= 4 is 5.97 Å². The average molecular weight is 669 g/mol. The summed E-state index contributed by atoms with van der Waals surface area (Å²) in [6.45, 7) is -1.06. The highest BCUT2D eigenvalue weighted by molar-refractivity contribution is 5.89. The van der Waals surface area contributed by atoms with E-state index < -0.39 is 53.7 Å². The molecule has 2 N–H and O–H groups in total. The van der Waals surface area contributed by atoms with Gasteiger partial charge in [-0.15, -0.1) is 0 Å². The number of aromatic amines is 1. The van der Waals surface area contributed by atoms with Gasteiger partial charge in [0.25, 0.3) is 11.4 Å². The topological polar surface area (TPSA) is 138 Å². The molecule has 49 heavy (non-hydrogen) atoms. The Balaban J connectivity index is 1.53. The van der Waals surface area contributed by atoms with Crippen molar-refractivity contribution in [1.29, 1.82) is 0 Å². The third kappa shape index (κ3) is 6.36. The van der Waals surface area contributed by atoms with E-state index in [0.29, 0.717) is 32.8 Å². The van der Waals surface area contributed by atoms with Crippen LogP contribution < -0.4 is 20.7 Å². The van der Waals surface area contributed by atoms with Gasteiger partial charge < -0.3 is 33.8 Å². The SMILES string of the molecule is COc1ccc(C(O[C@H]2[C@H](O)[C@H](n3c(=O)cc[nH]c3=O)O[C@]2(F)COC(=O)c2ccccc2)(c2ccccc2)c2ccc(OC)cc2)cc1. The van der Waals surface area contributed by atoms with Crippen LogP contribution in [0.4, 0.5) is 4.39 Å². The molecule has 12 heteroatoms. The van der Waals surface area contributed by atoms with Crippen LogP contribution in [0.3, 0.4) is 0 Å². The lowest BCUT2D eigenvalue weighted by Gasteiger charge is -2.40. The lowest BCUT2D eigenvalue weighted by molar-refractivity contribution is -0.232. The first-order valence-corrected chi connectivity index (χ1v) is 15.3. The minimum atomic E-state index is -3.09. The lowest BCUT2D eigenvalue weighted by atomic mass is 9.79. The largest absolute Gasteiger partial charge is 0.497 e. The van der Waals surface area contributed by atoms with Gasteiger partial charge in [-0.2, -0.15) is 0 Å². The first-order valence-electron chi connectivity index (χ1n) is 15.3. The van der Waals surface area contributed by atoms with E-state index in [1.165, 1.54) is 26.4 Å². The van der Waals surface area contributed by atoms with Gasteiger partial charge in [0.2, 0.25) is 0 Å². The standard InChI is InChI=1S/C37H33FN2O9/c1-45-28-17-13-26(14-18-28)37(25-11-7-4-8-12-25,27-15-19-29(46-2)20-16-27)48-32-31(42)33(40-30(41)21-22-39-35(40)44)49-36(32,38)23-47-34(43)24-9-5-3-6-10-24/h3-22,31-33,42H,23H2,1-2H3,(H,39,44)/t31-,32-,33+,36+/m0/s1. The maximum absolute atomic E-state index is 17.6. The summed E-state index contributed by atoms with van der Waals surface area (Å²) < 4.78 is 46.9. The first-order chi connectivity index (χ1) is 23.7. The van der Waals surface area contributed by atoms with Crippen LogP contribution in [0.15, 0.2) is 131 Å². The molecular weight excluding hydrogens is 635 g/mol. The number of rotatable bonds is 11. The quantitative estimate of drug-likeness (QED) is 0.156. The van der Waals surface area contributed by atoms with E-state index in [0.717, 1.165) is 12.3 Å². The molecule has 1 aromatic heterocycles. The molecule has 0 saturated carbocycles. The molecule has 4 atom stereocenters. The molecule has 252 valence electrons. The molecule has 4 aromatic carbocycles. The van der Waals surface area contributed by atoms with Crippen molar-refractivity contribution in [3.63, 3.8) is 0 Å². The smallest absolute Gasteiger partial charge is 0.338 e. The maximum Gasteiger partial charge on any atom is 0.338 e. The number of ether oxygens (including phenoxy) is 5. The summed E-state index contributed by atoms with van der Waals surface area (Å²) in [6.07, 6.45) is -4.68. The van der Waals surface area contributed by atoms with Crippen LogP contribution in [0.5, 0.6) is 11.5 Å². The van der Waals surface area contributed by atoms with Crippen LogP contribution in [0.2, 0.25) is 0 Å². The highest BCUT2D eigenvalue weighted by Crippen LogP contribution is 2.48. The molecule has 1 aliphatic rings. The number of esters is 1. The summed E-state index contributed by atoms with van der Waals surface area (Å²) in [5, 5.41) is 11.9. The zero-order valence-electron chi connectivity index (χ0n) is 26.5. The Labute approximate surface area is 280 Å². The summed E-state index contributed by atoms with van der Waals surface area (Å²) >= 11 is 0. The Morgan fingerprint density at radius 1 is 0.837 bits per heavy atom. The second-order valence-electron chi connectivity index (χ2n) is 11.3.